The second kappa shape index (κ2) is 7.61. The summed E-state index contributed by atoms with van der Waals surface area (Å²) in [7, 11) is 1.02. The third-order valence-electron chi connectivity index (χ3n) is 3.56. The highest BCUT2D eigenvalue weighted by Gasteiger charge is 2.25. The van der Waals surface area contributed by atoms with E-state index in [-0.39, 0.29) is 5.66 Å². The largest absolute Gasteiger partial charge is 0.321 e. The van der Waals surface area contributed by atoms with Crippen LogP contribution in [0.5, 0.6) is 0 Å². The molecule has 0 bridgehead atoms. The van der Waals surface area contributed by atoms with E-state index in [1.165, 1.54) is 20.0 Å². The first kappa shape index (κ1) is 16.1. The highest BCUT2D eigenvalue weighted by molar-refractivity contribution is 7.57. The average molecular weight is 277 g/mol. The molecule has 0 aliphatic carbocycles. The van der Waals surface area contributed by atoms with Crippen LogP contribution in [0.15, 0.2) is 0 Å². The molecule has 1 aliphatic rings. The van der Waals surface area contributed by atoms with Crippen LogP contribution in [0, 0.1) is 0 Å². The lowest BCUT2D eigenvalue weighted by molar-refractivity contribution is 0.235. The van der Waals surface area contributed by atoms with Crippen molar-refractivity contribution in [1.29, 1.82) is 0 Å². The van der Waals surface area contributed by atoms with E-state index >= 15 is 0 Å². The van der Waals surface area contributed by atoms with Gasteiger partial charge in [-0.15, -0.1) is 0 Å². The molecule has 0 aromatic carbocycles. The molecule has 1 aliphatic heterocycles. The molecular weight excluding hydrogens is 249 g/mol. The molecule has 2 N–H and O–H groups in total. The summed E-state index contributed by atoms with van der Waals surface area (Å²) in [5.74, 6) is 0. The van der Waals surface area contributed by atoms with Crippen LogP contribution in [0.3, 0.4) is 0 Å². The van der Waals surface area contributed by atoms with Gasteiger partial charge in [0, 0.05) is 31.9 Å². The van der Waals surface area contributed by atoms with Crippen molar-refractivity contribution in [3.63, 3.8) is 0 Å². The van der Waals surface area contributed by atoms with Crippen LogP contribution in [-0.2, 0) is 9.09 Å². The fraction of sp³-hybridized carbons (Fsp3) is 1.00. The van der Waals surface area contributed by atoms with Gasteiger partial charge < -0.3 is 14.7 Å². The van der Waals surface area contributed by atoms with Crippen LogP contribution >= 0.6 is 7.52 Å². The maximum absolute atomic E-state index is 12.2. The lowest BCUT2D eigenvalue weighted by atomic mass is 10.1. The molecule has 5 nitrogen and oxygen atoms in total. The minimum absolute atomic E-state index is 0.0193. The highest BCUT2D eigenvalue weighted by atomic mass is 31.2. The van der Waals surface area contributed by atoms with Crippen molar-refractivity contribution in [3.05, 3.63) is 0 Å². The van der Waals surface area contributed by atoms with Crippen molar-refractivity contribution in [2.24, 2.45) is 0 Å². The van der Waals surface area contributed by atoms with Crippen LogP contribution in [-0.4, -0.2) is 56.9 Å². The van der Waals surface area contributed by atoms with Gasteiger partial charge in [0.25, 0.3) is 7.52 Å². The first-order valence-corrected chi connectivity index (χ1v) is 8.50. The van der Waals surface area contributed by atoms with Gasteiger partial charge in [-0.2, -0.15) is 0 Å². The molecular formula is C12H28N3O2P. The Bertz CT molecular complexity index is 278. The Morgan fingerprint density at radius 3 is 2.44 bits per heavy atom. The van der Waals surface area contributed by atoms with Crippen LogP contribution in [0.1, 0.15) is 26.7 Å². The maximum Gasteiger partial charge on any atom is 0.272 e. The van der Waals surface area contributed by atoms with Gasteiger partial charge >= 0.3 is 0 Å². The Morgan fingerprint density at radius 1 is 1.33 bits per heavy atom. The molecule has 0 radical (unpaired) electrons. The number of likely N-dealkylation sites (tertiary alicyclic amines) is 1. The van der Waals surface area contributed by atoms with E-state index < -0.39 is 7.52 Å². The summed E-state index contributed by atoms with van der Waals surface area (Å²) >= 11 is 0. The fourth-order valence-corrected chi connectivity index (χ4v) is 3.50. The monoisotopic (exact) mass is 277 g/mol. The van der Waals surface area contributed by atoms with Crippen molar-refractivity contribution >= 4 is 7.52 Å². The lowest BCUT2D eigenvalue weighted by Crippen LogP contribution is -2.42. The smallest absolute Gasteiger partial charge is 0.272 e. The Hall–Kier alpha value is 0.0700. The van der Waals surface area contributed by atoms with E-state index in [0.29, 0.717) is 12.6 Å². The topological polar surface area (TPSA) is 53.6 Å². The molecule has 18 heavy (non-hydrogen) atoms. The number of hydrogen-bond acceptors (Lipinski definition) is 4. The van der Waals surface area contributed by atoms with E-state index in [9.17, 15) is 4.57 Å². The number of nitrogens with one attached hydrogen (secondary N) is 2. The minimum atomic E-state index is -2.65. The van der Waals surface area contributed by atoms with E-state index in [2.05, 4.69) is 22.4 Å². The summed E-state index contributed by atoms with van der Waals surface area (Å²) in [6.45, 7) is 7.69. The predicted molar refractivity (Wildman–Crippen MR) is 76.3 cm³/mol. The molecule has 0 saturated carbocycles. The summed E-state index contributed by atoms with van der Waals surface area (Å²) in [6, 6.07) is 0.601. The SMILES string of the molecule is COP(=O)(NCCNC1CCN(C)CC1)C(C)C. The zero-order chi connectivity index (χ0) is 13.6. The lowest BCUT2D eigenvalue weighted by Gasteiger charge is -2.30. The molecule has 0 spiro atoms. The number of piperidine rings is 1. The highest BCUT2D eigenvalue weighted by Crippen LogP contribution is 2.45. The number of nitrogens with zero attached hydrogens (tertiary/aromatic N) is 1. The van der Waals surface area contributed by atoms with Gasteiger partial charge in [-0.05, 0) is 33.0 Å². The summed E-state index contributed by atoms with van der Waals surface area (Å²) in [6.07, 6.45) is 2.39. The van der Waals surface area contributed by atoms with Gasteiger partial charge in [0.2, 0.25) is 0 Å². The van der Waals surface area contributed by atoms with E-state index in [0.717, 1.165) is 19.6 Å². The average Bonchev–Trinajstić information content (AvgIpc) is 2.36. The van der Waals surface area contributed by atoms with Gasteiger partial charge in [-0.1, -0.05) is 13.8 Å². The second-order valence-corrected chi connectivity index (χ2v) is 8.22. The zero-order valence-corrected chi connectivity index (χ0v) is 13.0. The molecule has 1 fully saturated rings. The van der Waals surface area contributed by atoms with Gasteiger partial charge in [-0.25, -0.2) is 5.09 Å². The summed E-state index contributed by atoms with van der Waals surface area (Å²) in [5, 5.41) is 6.57. The summed E-state index contributed by atoms with van der Waals surface area (Å²) < 4.78 is 17.3. The Balaban J connectivity index is 2.16. The van der Waals surface area contributed by atoms with Crippen molar-refractivity contribution in [1.82, 2.24) is 15.3 Å². The molecule has 6 heteroatoms. The van der Waals surface area contributed by atoms with Gasteiger partial charge in [0.15, 0.2) is 0 Å². The zero-order valence-electron chi connectivity index (χ0n) is 12.1. The summed E-state index contributed by atoms with van der Waals surface area (Å²) in [4.78, 5) is 2.36. The number of hydrogen-bond donors (Lipinski definition) is 2. The third kappa shape index (κ3) is 4.98. The van der Waals surface area contributed by atoms with E-state index in [4.69, 9.17) is 4.52 Å². The molecule has 0 aromatic rings. The molecule has 0 amide bonds. The molecule has 1 rings (SSSR count). The van der Waals surface area contributed by atoms with Crippen LogP contribution in [0.2, 0.25) is 0 Å². The third-order valence-corrected chi connectivity index (χ3v) is 6.13. The molecule has 108 valence electrons. The molecule has 1 unspecified atom stereocenters. The Labute approximate surface area is 111 Å². The van der Waals surface area contributed by atoms with Crippen molar-refractivity contribution in [2.45, 2.75) is 38.4 Å². The van der Waals surface area contributed by atoms with Crippen LogP contribution < -0.4 is 10.4 Å². The molecule has 0 aromatic heterocycles. The quantitative estimate of drug-likeness (QED) is 0.546. The normalized spacial score (nSPS) is 22.3. The van der Waals surface area contributed by atoms with Crippen LogP contribution in [0.25, 0.3) is 0 Å². The van der Waals surface area contributed by atoms with Crippen molar-refractivity contribution < 1.29 is 9.09 Å². The van der Waals surface area contributed by atoms with E-state index in [1.54, 1.807) is 0 Å². The first-order chi connectivity index (χ1) is 8.48. The number of rotatable bonds is 7. The standard InChI is InChI=1S/C12H28N3O2P/c1-11(2)18(16,17-4)14-8-7-13-12-5-9-15(3)10-6-12/h11-13H,5-10H2,1-4H3,(H,14,16). The minimum Gasteiger partial charge on any atom is -0.321 e. The van der Waals surface area contributed by atoms with Crippen molar-refractivity contribution in [2.75, 3.05) is 40.3 Å². The van der Waals surface area contributed by atoms with E-state index in [1.807, 2.05) is 13.8 Å². The fourth-order valence-electron chi connectivity index (χ4n) is 2.16. The first-order valence-electron chi connectivity index (χ1n) is 6.80. The second-order valence-electron chi connectivity index (χ2n) is 5.31. The maximum atomic E-state index is 12.2. The van der Waals surface area contributed by atoms with Crippen LogP contribution in [0.4, 0.5) is 0 Å². The Kier molecular flexibility index (Phi) is 6.82. The predicted octanol–water partition coefficient (Wildman–Crippen LogP) is 1.51. The van der Waals surface area contributed by atoms with Gasteiger partial charge in [0.1, 0.15) is 0 Å². The molecule has 1 atom stereocenters. The molecule has 1 saturated heterocycles. The Morgan fingerprint density at radius 2 is 1.94 bits per heavy atom. The van der Waals surface area contributed by atoms with Gasteiger partial charge in [-0.3, -0.25) is 4.57 Å². The summed E-state index contributed by atoms with van der Waals surface area (Å²) in [5.41, 5.74) is 0.0193. The molecule has 1 heterocycles. The van der Waals surface area contributed by atoms with Gasteiger partial charge in [0.05, 0.1) is 0 Å². The van der Waals surface area contributed by atoms with Crippen molar-refractivity contribution in [3.8, 4) is 0 Å².